The van der Waals surface area contributed by atoms with Gasteiger partial charge in [0.15, 0.2) is 0 Å². The molecule has 0 saturated heterocycles. The second-order valence-corrected chi connectivity index (χ2v) is 2.86. The first-order valence-corrected chi connectivity index (χ1v) is 3.68. The van der Waals surface area contributed by atoms with E-state index >= 15 is 0 Å². The van der Waals surface area contributed by atoms with Crippen molar-refractivity contribution in [2.24, 2.45) is 12.8 Å². The Morgan fingerprint density at radius 2 is 2.23 bits per heavy atom. The third kappa shape index (κ3) is 2.73. The molecule has 1 atom stereocenters. The zero-order valence-electron chi connectivity index (χ0n) is 7.04. The summed E-state index contributed by atoms with van der Waals surface area (Å²) in [5.41, 5.74) is 5.73. The molecule has 1 heterocycles. The van der Waals surface area contributed by atoms with Crippen LogP contribution in [0.3, 0.4) is 0 Å². The number of nitrogens with zero attached hydrogens (tertiary/aromatic N) is 2. The molecule has 0 aliphatic carbocycles. The van der Waals surface area contributed by atoms with Crippen molar-refractivity contribution in [2.75, 3.05) is 0 Å². The van der Waals surface area contributed by atoms with Gasteiger partial charge in [0.1, 0.15) is 0 Å². The Hall–Kier alpha value is -1.04. The molecule has 1 aromatic heterocycles. The van der Waals surface area contributed by atoms with Crippen LogP contribution in [0.4, 0.5) is 13.2 Å². The van der Waals surface area contributed by atoms with Gasteiger partial charge < -0.3 is 10.3 Å². The predicted octanol–water partition coefficient (Wildman–Crippen LogP) is 1.37. The number of halogens is 3. The Bertz CT molecular complexity index is 279. The topological polar surface area (TPSA) is 43.8 Å². The van der Waals surface area contributed by atoms with Gasteiger partial charge >= 0.3 is 6.18 Å². The highest BCUT2D eigenvalue weighted by Gasteiger charge is 2.31. The molecule has 3 nitrogen and oxygen atoms in total. The number of rotatable bonds is 2. The van der Waals surface area contributed by atoms with Crippen molar-refractivity contribution in [2.45, 2.75) is 18.6 Å². The zero-order chi connectivity index (χ0) is 10.1. The van der Waals surface area contributed by atoms with Gasteiger partial charge in [0, 0.05) is 13.2 Å². The molecule has 1 unspecified atom stereocenters. The third-order valence-corrected chi connectivity index (χ3v) is 1.69. The summed E-state index contributed by atoms with van der Waals surface area (Å²) in [6.07, 6.45) is -2.49. The van der Waals surface area contributed by atoms with E-state index in [1.54, 1.807) is 7.05 Å². The molecule has 0 aliphatic rings. The van der Waals surface area contributed by atoms with E-state index in [1.165, 1.54) is 17.1 Å². The Balaban J connectivity index is 2.69. The number of aromatic nitrogens is 2. The lowest BCUT2D eigenvalue weighted by atomic mass is 10.1. The number of hydrogen-bond donors (Lipinski definition) is 1. The van der Waals surface area contributed by atoms with E-state index in [2.05, 4.69) is 4.98 Å². The summed E-state index contributed by atoms with van der Waals surface area (Å²) in [6.45, 7) is 0. The monoisotopic (exact) mass is 193 g/mol. The fourth-order valence-electron chi connectivity index (χ4n) is 1.08. The Morgan fingerprint density at radius 3 is 2.62 bits per heavy atom. The van der Waals surface area contributed by atoms with Crippen molar-refractivity contribution < 1.29 is 13.2 Å². The van der Waals surface area contributed by atoms with E-state index in [0.29, 0.717) is 5.69 Å². The van der Waals surface area contributed by atoms with Crippen molar-refractivity contribution in [3.05, 3.63) is 18.2 Å². The lowest BCUT2D eigenvalue weighted by molar-refractivity contribution is -0.138. The molecule has 0 amide bonds. The molecular formula is C7H10F3N3. The summed E-state index contributed by atoms with van der Waals surface area (Å²) in [5, 5.41) is 0. The van der Waals surface area contributed by atoms with Crippen LogP contribution in [0, 0.1) is 0 Å². The molecule has 13 heavy (non-hydrogen) atoms. The number of imidazole rings is 1. The zero-order valence-corrected chi connectivity index (χ0v) is 7.04. The van der Waals surface area contributed by atoms with E-state index in [-0.39, 0.29) is 0 Å². The van der Waals surface area contributed by atoms with E-state index < -0.39 is 18.6 Å². The summed E-state index contributed by atoms with van der Waals surface area (Å²) in [7, 11) is 1.61. The number of alkyl halides is 3. The largest absolute Gasteiger partial charge is 0.390 e. The van der Waals surface area contributed by atoms with Gasteiger partial charge in [-0.25, -0.2) is 4.98 Å². The molecule has 0 spiro atoms. The predicted molar refractivity (Wildman–Crippen MR) is 40.8 cm³/mol. The van der Waals surface area contributed by atoms with Crippen molar-refractivity contribution in [3.63, 3.8) is 0 Å². The maximum absolute atomic E-state index is 11.9. The highest BCUT2D eigenvalue weighted by Crippen LogP contribution is 2.27. The van der Waals surface area contributed by atoms with Gasteiger partial charge in [-0.05, 0) is 0 Å². The second-order valence-electron chi connectivity index (χ2n) is 2.86. The van der Waals surface area contributed by atoms with Crippen LogP contribution in [-0.2, 0) is 7.05 Å². The van der Waals surface area contributed by atoms with E-state index in [1.807, 2.05) is 0 Å². The Labute approximate surface area is 73.4 Å². The van der Waals surface area contributed by atoms with E-state index in [0.717, 1.165) is 0 Å². The van der Waals surface area contributed by atoms with Crippen LogP contribution < -0.4 is 5.73 Å². The Kier molecular flexibility index (Phi) is 2.60. The summed E-state index contributed by atoms with van der Waals surface area (Å²) >= 11 is 0. The van der Waals surface area contributed by atoms with Crippen LogP contribution in [0.1, 0.15) is 18.2 Å². The fourth-order valence-corrected chi connectivity index (χ4v) is 1.08. The molecule has 0 radical (unpaired) electrons. The summed E-state index contributed by atoms with van der Waals surface area (Å²) in [6, 6.07) is -1.03. The van der Waals surface area contributed by atoms with E-state index in [9.17, 15) is 13.2 Å². The molecule has 0 saturated carbocycles. The maximum Gasteiger partial charge on any atom is 0.390 e. The average molecular weight is 193 g/mol. The first-order valence-electron chi connectivity index (χ1n) is 3.68. The number of nitrogens with two attached hydrogens (primary N) is 1. The SMILES string of the molecule is Cn1cncc1C(N)CC(F)(F)F. The normalized spacial score (nSPS) is 14.5. The molecule has 0 aliphatic heterocycles. The van der Waals surface area contributed by atoms with Crippen LogP contribution >= 0.6 is 0 Å². The maximum atomic E-state index is 11.9. The van der Waals surface area contributed by atoms with Crippen LogP contribution in [-0.4, -0.2) is 15.7 Å². The summed E-state index contributed by atoms with van der Waals surface area (Å²) < 4.78 is 37.2. The van der Waals surface area contributed by atoms with Crippen LogP contribution in [0.25, 0.3) is 0 Å². The fraction of sp³-hybridized carbons (Fsp3) is 0.571. The van der Waals surface area contributed by atoms with Gasteiger partial charge in [0.25, 0.3) is 0 Å². The van der Waals surface area contributed by atoms with Gasteiger partial charge in [0.05, 0.1) is 24.5 Å². The van der Waals surface area contributed by atoms with Crippen LogP contribution in [0.2, 0.25) is 0 Å². The van der Waals surface area contributed by atoms with Gasteiger partial charge in [-0.15, -0.1) is 0 Å². The lowest BCUT2D eigenvalue weighted by Crippen LogP contribution is -2.21. The minimum absolute atomic E-state index is 0.386. The van der Waals surface area contributed by atoms with Crippen molar-refractivity contribution in [1.29, 1.82) is 0 Å². The molecule has 74 valence electrons. The minimum atomic E-state index is -4.23. The molecule has 0 bridgehead atoms. The second kappa shape index (κ2) is 3.37. The molecular weight excluding hydrogens is 183 g/mol. The first kappa shape index (κ1) is 10.0. The first-order chi connectivity index (χ1) is 5.90. The molecule has 1 rings (SSSR count). The quantitative estimate of drug-likeness (QED) is 0.770. The lowest BCUT2D eigenvalue weighted by Gasteiger charge is -2.13. The third-order valence-electron chi connectivity index (χ3n) is 1.69. The standard InChI is InChI=1S/C7H10F3N3/c1-13-4-12-3-6(13)5(11)2-7(8,9)10/h3-5H,2,11H2,1H3. The smallest absolute Gasteiger partial charge is 0.336 e. The van der Waals surface area contributed by atoms with Gasteiger partial charge in [-0.3, -0.25) is 0 Å². The minimum Gasteiger partial charge on any atom is -0.336 e. The average Bonchev–Trinajstić information content (AvgIpc) is 2.30. The summed E-state index contributed by atoms with van der Waals surface area (Å²) in [4.78, 5) is 3.69. The molecule has 1 aromatic rings. The summed E-state index contributed by atoms with van der Waals surface area (Å²) in [5.74, 6) is 0. The highest BCUT2D eigenvalue weighted by atomic mass is 19.4. The van der Waals surface area contributed by atoms with Crippen LogP contribution in [0.15, 0.2) is 12.5 Å². The van der Waals surface area contributed by atoms with Gasteiger partial charge in [0.2, 0.25) is 0 Å². The van der Waals surface area contributed by atoms with Crippen molar-refractivity contribution >= 4 is 0 Å². The number of aryl methyl sites for hydroxylation is 1. The van der Waals surface area contributed by atoms with Crippen LogP contribution in [0.5, 0.6) is 0 Å². The molecule has 2 N–H and O–H groups in total. The molecule has 0 fully saturated rings. The molecule has 0 aromatic carbocycles. The van der Waals surface area contributed by atoms with E-state index in [4.69, 9.17) is 5.73 Å². The highest BCUT2D eigenvalue weighted by molar-refractivity contribution is 5.04. The van der Waals surface area contributed by atoms with Crippen molar-refractivity contribution in [3.8, 4) is 0 Å². The van der Waals surface area contributed by atoms with Crippen molar-refractivity contribution in [1.82, 2.24) is 9.55 Å². The van der Waals surface area contributed by atoms with Gasteiger partial charge in [-0.1, -0.05) is 0 Å². The Morgan fingerprint density at radius 1 is 1.62 bits per heavy atom. The molecule has 6 heteroatoms. The van der Waals surface area contributed by atoms with Gasteiger partial charge in [-0.2, -0.15) is 13.2 Å². The number of hydrogen-bond acceptors (Lipinski definition) is 2.